The molecule has 6 nitrogen and oxygen atoms in total. The number of aliphatic carboxylic acids is 1. The van der Waals surface area contributed by atoms with Crippen molar-refractivity contribution in [2.24, 2.45) is 0 Å². The maximum absolute atomic E-state index is 10.7. The molecule has 0 aliphatic heterocycles. The van der Waals surface area contributed by atoms with Crippen molar-refractivity contribution in [1.82, 2.24) is 4.98 Å². The number of aryl methyl sites for hydroxylation is 1. The summed E-state index contributed by atoms with van der Waals surface area (Å²) in [5, 5.41) is 29.9. The van der Waals surface area contributed by atoms with E-state index >= 15 is 0 Å². The number of rotatable bonds is 4. The van der Waals surface area contributed by atoms with Gasteiger partial charge in [0.15, 0.2) is 5.60 Å². The second kappa shape index (κ2) is 5.21. The van der Waals surface area contributed by atoms with Crippen molar-refractivity contribution in [2.45, 2.75) is 19.4 Å². The predicted octanol–water partition coefficient (Wildman–Crippen LogP) is 1.16. The van der Waals surface area contributed by atoms with Crippen molar-refractivity contribution in [3.8, 4) is 6.07 Å². The van der Waals surface area contributed by atoms with Crippen LogP contribution in [0.5, 0.6) is 0 Å². The molecule has 0 bridgehead atoms. The van der Waals surface area contributed by atoms with E-state index in [1.54, 1.807) is 6.92 Å². The number of hydrogen-bond acceptors (Lipinski definition) is 5. The third-order valence-corrected chi connectivity index (χ3v) is 2.64. The lowest BCUT2D eigenvalue weighted by molar-refractivity contribution is -0.155. The van der Waals surface area contributed by atoms with Crippen molar-refractivity contribution >= 4 is 23.4 Å². The number of carbonyl (C=O) groups is 1. The minimum absolute atomic E-state index is 0.193. The number of anilines is 1. The number of nitriles is 1. The van der Waals surface area contributed by atoms with E-state index < -0.39 is 11.6 Å². The van der Waals surface area contributed by atoms with Crippen molar-refractivity contribution in [3.05, 3.63) is 22.3 Å². The minimum Gasteiger partial charge on any atom is -0.479 e. The molecule has 0 spiro atoms. The molecule has 0 saturated carbocycles. The van der Waals surface area contributed by atoms with Crippen LogP contribution < -0.4 is 5.32 Å². The van der Waals surface area contributed by atoms with E-state index in [9.17, 15) is 9.90 Å². The Bertz CT molecular complexity index is 523. The van der Waals surface area contributed by atoms with Gasteiger partial charge in [-0.15, -0.1) is 0 Å². The number of aliphatic hydroxyl groups is 1. The molecule has 1 rings (SSSR count). The number of carboxylic acids is 1. The number of nitrogens with one attached hydrogen (secondary N) is 1. The van der Waals surface area contributed by atoms with Crippen LogP contribution in [0.2, 0.25) is 5.02 Å². The van der Waals surface area contributed by atoms with E-state index in [4.69, 9.17) is 22.0 Å². The fraction of sp³-hybridized carbons (Fsp3) is 0.364. The third kappa shape index (κ3) is 3.09. The predicted molar refractivity (Wildman–Crippen MR) is 65.4 cm³/mol. The fourth-order valence-corrected chi connectivity index (χ4v) is 1.37. The Labute approximate surface area is 109 Å². The summed E-state index contributed by atoms with van der Waals surface area (Å²) < 4.78 is 0. The standard InChI is InChI=1S/C11H12ClN3O3/c1-6-7(4-13)3-8(12)9(15-6)14-5-11(2,18)10(16)17/h3,18H,5H2,1-2H3,(H,14,15)(H,16,17). The highest BCUT2D eigenvalue weighted by molar-refractivity contribution is 6.33. The van der Waals surface area contributed by atoms with Gasteiger partial charge in [-0.25, -0.2) is 9.78 Å². The van der Waals surface area contributed by atoms with E-state index in [1.807, 2.05) is 6.07 Å². The zero-order valence-electron chi connectivity index (χ0n) is 9.86. The highest BCUT2D eigenvalue weighted by Crippen LogP contribution is 2.22. The summed E-state index contributed by atoms with van der Waals surface area (Å²) in [7, 11) is 0. The average Bonchev–Trinajstić information content (AvgIpc) is 2.29. The molecule has 7 heteroatoms. The average molecular weight is 270 g/mol. The van der Waals surface area contributed by atoms with Gasteiger partial charge >= 0.3 is 5.97 Å². The summed E-state index contributed by atoms with van der Waals surface area (Å²) in [5.41, 5.74) is -1.11. The molecular formula is C11H12ClN3O3. The highest BCUT2D eigenvalue weighted by atomic mass is 35.5. The number of nitrogens with zero attached hydrogens (tertiary/aromatic N) is 2. The van der Waals surface area contributed by atoms with Gasteiger partial charge in [-0.1, -0.05) is 11.6 Å². The lowest BCUT2D eigenvalue weighted by Gasteiger charge is -2.19. The second-order valence-corrected chi connectivity index (χ2v) is 4.40. The maximum Gasteiger partial charge on any atom is 0.337 e. The molecule has 3 N–H and O–H groups in total. The largest absolute Gasteiger partial charge is 0.479 e. The zero-order valence-corrected chi connectivity index (χ0v) is 10.6. The Morgan fingerprint density at radius 3 is 2.83 bits per heavy atom. The van der Waals surface area contributed by atoms with Crippen LogP contribution in [-0.2, 0) is 4.79 Å². The van der Waals surface area contributed by atoms with Crippen molar-refractivity contribution < 1.29 is 15.0 Å². The number of halogens is 1. The first-order valence-corrected chi connectivity index (χ1v) is 5.42. The molecular weight excluding hydrogens is 258 g/mol. The molecule has 1 heterocycles. The summed E-state index contributed by atoms with van der Waals surface area (Å²) >= 11 is 5.88. The molecule has 18 heavy (non-hydrogen) atoms. The van der Waals surface area contributed by atoms with Gasteiger partial charge in [-0.05, 0) is 19.9 Å². The van der Waals surface area contributed by atoms with Crippen LogP contribution in [0.4, 0.5) is 5.82 Å². The first kappa shape index (κ1) is 14.2. The molecule has 0 saturated heterocycles. The Kier molecular flexibility index (Phi) is 4.11. The van der Waals surface area contributed by atoms with Crippen LogP contribution in [0.3, 0.4) is 0 Å². The Morgan fingerprint density at radius 1 is 1.72 bits per heavy atom. The van der Waals surface area contributed by atoms with E-state index in [-0.39, 0.29) is 17.4 Å². The highest BCUT2D eigenvalue weighted by Gasteiger charge is 2.29. The molecule has 1 atom stereocenters. The summed E-state index contributed by atoms with van der Waals surface area (Å²) in [6.07, 6.45) is 0. The molecule has 96 valence electrons. The van der Waals surface area contributed by atoms with E-state index in [0.29, 0.717) is 11.3 Å². The number of pyridine rings is 1. The van der Waals surface area contributed by atoms with Gasteiger partial charge in [0.2, 0.25) is 0 Å². The Hall–Kier alpha value is -1.84. The first-order chi connectivity index (χ1) is 8.27. The van der Waals surface area contributed by atoms with E-state index in [0.717, 1.165) is 6.92 Å². The van der Waals surface area contributed by atoms with Crippen LogP contribution in [0.1, 0.15) is 18.2 Å². The van der Waals surface area contributed by atoms with Gasteiger partial charge in [-0.3, -0.25) is 0 Å². The lowest BCUT2D eigenvalue weighted by atomic mass is 10.1. The molecule has 0 aromatic carbocycles. The van der Waals surface area contributed by atoms with Gasteiger partial charge < -0.3 is 15.5 Å². The minimum atomic E-state index is -1.92. The first-order valence-electron chi connectivity index (χ1n) is 5.05. The van der Waals surface area contributed by atoms with Gasteiger partial charge in [0.25, 0.3) is 0 Å². The Morgan fingerprint density at radius 2 is 2.33 bits per heavy atom. The molecule has 0 radical (unpaired) electrons. The number of hydrogen-bond donors (Lipinski definition) is 3. The SMILES string of the molecule is Cc1nc(NCC(C)(O)C(=O)O)c(Cl)cc1C#N. The summed E-state index contributed by atoms with van der Waals surface area (Å²) in [4.78, 5) is 14.7. The second-order valence-electron chi connectivity index (χ2n) is 4.00. The monoisotopic (exact) mass is 269 g/mol. The number of aromatic nitrogens is 1. The van der Waals surface area contributed by atoms with Crippen LogP contribution in [0.15, 0.2) is 6.07 Å². The lowest BCUT2D eigenvalue weighted by Crippen LogP contribution is -2.42. The van der Waals surface area contributed by atoms with Gasteiger partial charge in [0.05, 0.1) is 22.8 Å². The zero-order chi connectivity index (χ0) is 13.9. The van der Waals surface area contributed by atoms with Crippen LogP contribution >= 0.6 is 11.6 Å². The number of carboxylic acid groups (broad SMARTS) is 1. The van der Waals surface area contributed by atoms with Gasteiger partial charge in [0, 0.05) is 0 Å². The van der Waals surface area contributed by atoms with E-state index in [1.165, 1.54) is 6.07 Å². The van der Waals surface area contributed by atoms with Crippen molar-refractivity contribution in [3.63, 3.8) is 0 Å². The Balaban J connectivity index is 2.91. The van der Waals surface area contributed by atoms with Crippen LogP contribution in [-0.4, -0.2) is 33.3 Å². The molecule has 1 aromatic rings. The molecule has 0 fully saturated rings. The quantitative estimate of drug-likeness (QED) is 0.757. The normalized spacial score (nSPS) is 13.5. The third-order valence-electron chi connectivity index (χ3n) is 2.35. The van der Waals surface area contributed by atoms with Crippen LogP contribution in [0, 0.1) is 18.3 Å². The topological polar surface area (TPSA) is 106 Å². The summed E-state index contributed by atoms with van der Waals surface area (Å²) in [6, 6.07) is 3.37. The summed E-state index contributed by atoms with van der Waals surface area (Å²) in [5.74, 6) is -1.12. The molecule has 0 aliphatic rings. The summed E-state index contributed by atoms with van der Waals surface area (Å²) in [6.45, 7) is 2.54. The van der Waals surface area contributed by atoms with Crippen LogP contribution in [0.25, 0.3) is 0 Å². The van der Waals surface area contributed by atoms with E-state index in [2.05, 4.69) is 10.3 Å². The molecule has 0 amide bonds. The van der Waals surface area contributed by atoms with Gasteiger partial charge in [0.1, 0.15) is 11.9 Å². The van der Waals surface area contributed by atoms with Crippen molar-refractivity contribution in [2.75, 3.05) is 11.9 Å². The van der Waals surface area contributed by atoms with Gasteiger partial charge in [-0.2, -0.15) is 5.26 Å². The molecule has 0 aliphatic carbocycles. The van der Waals surface area contributed by atoms with Crippen molar-refractivity contribution in [1.29, 1.82) is 5.26 Å². The maximum atomic E-state index is 10.7. The smallest absolute Gasteiger partial charge is 0.337 e. The fourth-order valence-electron chi connectivity index (χ4n) is 1.15. The molecule has 1 aromatic heterocycles. The molecule has 1 unspecified atom stereocenters.